The van der Waals surface area contributed by atoms with E-state index in [4.69, 9.17) is 4.84 Å². The number of amides is 2. The van der Waals surface area contributed by atoms with Crippen molar-refractivity contribution in [3.63, 3.8) is 0 Å². The molecule has 0 spiro atoms. The fourth-order valence-corrected chi connectivity index (χ4v) is 5.48. The van der Waals surface area contributed by atoms with Gasteiger partial charge in [0.15, 0.2) is 11.6 Å². The van der Waals surface area contributed by atoms with Crippen LogP contribution in [-0.2, 0) is 21.0 Å². The summed E-state index contributed by atoms with van der Waals surface area (Å²) in [6, 6.07) is 9.60. The van der Waals surface area contributed by atoms with Gasteiger partial charge in [0, 0.05) is 25.7 Å². The Morgan fingerprint density at radius 1 is 1.23 bits per heavy atom. The summed E-state index contributed by atoms with van der Waals surface area (Å²) in [5, 5.41) is 1.18. The van der Waals surface area contributed by atoms with Crippen molar-refractivity contribution in [2.24, 2.45) is 11.8 Å². The molecule has 1 aromatic heterocycles. The summed E-state index contributed by atoms with van der Waals surface area (Å²) < 4.78 is 15.5. The van der Waals surface area contributed by atoms with Crippen molar-refractivity contribution in [1.29, 1.82) is 0 Å². The highest BCUT2D eigenvalue weighted by atomic mass is 19.1. The maximum Gasteiger partial charge on any atom is 0.243 e. The molecule has 0 radical (unpaired) electrons. The number of nitrogens with one attached hydrogen (secondary N) is 2. The molecule has 2 N–H and O–H groups in total. The van der Waals surface area contributed by atoms with E-state index in [2.05, 4.69) is 25.7 Å². The normalized spacial score (nSPS) is 19.1. The summed E-state index contributed by atoms with van der Waals surface area (Å²) in [5.41, 5.74) is 6.27. The van der Waals surface area contributed by atoms with E-state index in [9.17, 15) is 9.59 Å². The lowest BCUT2D eigenvalue weighted by molar-refractivity contribution is -0.182. The zero-order valence-electron chi connectivity index (χ0n) is 23.1. The van der Waals surface area contributed by atoms with Gasteiger partial charge in [0.05, 0.1) is 12.5 Å². The fourth-order valence-electron chi connectivity index (χ4n) is 5.48. The van der Waals surface area contributed by atoms with E-state index in [1.54, 1.807) is 6.92 Å². The number of aromatic nitrogens is 2. The number of rotatable bonds is 12. The van der Waals surface area contributed by atoms with Crippen LogP contribution in [0.2, 0.25) is 0 Å². The maximum absolute atomic E-state index is 15.5. The second kappa shape index (κ2) is 13.7. The number of hydrogen-bond acceptors (Lipinski definition) is 8. The third-order valence-electron chi connectivity index (χ3n) is 7.57. The predicted molar refractivity (Wildman–Crippen MR) is 147 cm³/mol. The molecule has 1 saturated heterocycles. The Balaban J connectivity index is 1.43. The van der Waals surface area contributed by atoms with Gasteiger partial charge >= 0.3 is 0 Å². The third kappa shape index (κ3) is 7.86. The van der Waals surface area contributed by atoms with E-state index >= 15 is 4.39 Å². The van der Waals surface area contributed by atoms with Gasteiger partial charge in [0.1, 0.15) is 12.4 Å². The monoisotopic (exact) mass is 541 g/mol. The Morgan fingerprint density at radius 3 is 2.67 bits per heavy atom. The van der Waals surface area contributed by atoms with Gasteiger partial charge in [-0.3, -0.25) is 25.3 Å². The van der Waals surface area contributed by atoms with E-state index in [0.717, 1.165) is 44.3 Å². The first-order valence-corrected chi connectivity index (χ1v) is 13.8. The largest absolute Gasteiger partial charge is 0.349 e. The van der Waals surface area contributed by atoms with Crippen molar-refractivity contribution in [3.8, 4) is 0 Å². The Morgan fingerprint density at radius 2 is 1.97 bits per heavy atom. The number of piperazine rings is 1. The summed E-state index contributed by atoms with van der Waals surface area (Å²) in [4.78, 5) is 43.5. The zero-order chi connectivity index (χ0) is 27.8. The summed E-state index contributed by atoms with van der Waals surface area (Å²) in [6.07, 6.45) is 5.59. The van der Waals surface area contributed by atoms with Crippen LogP contribution in [0.1, 0.15) is 50.4 Å². The molecule has 1 aliphatic carbocycles. The third-order valence-corrected chi connectivity index (χ3v) is 7.57. The number of anilines is 2. The van der Waals surface area contributed by atoms with Crippen LogP contribution in [0.3, 0.4) is 0 Å². The molecule has 0 bridgehead atoms. The van der Waals surface area contributed by atoms with Crippen molar-refractivity contribution >= 4 is 24.0 Å². The summed E-state index contributed by atoms with van der Waals surface area (Å²) in [6.45, 7) is 6.29. The number of hydrazine groups is 1. The topological polar surface area (TPSA) is 103 Å². The summed E-state index contributed by atoms with van der Waals surface area (Å²) in [7, 11) is 2.04. The van der Waals surface area contributed by atoms with Crippen molar-refractivity contribution in [2.45, 2.75) is 58.6 Å². The van der Waals surface area contributed by atoms with Crippen LogP contribution in [0.25, 0.3) is 0 Å². The molecule has 2 amide bonds. The number of nitrogens with zero attached hydrogens (tertiary/aromatic N) is 5. The van der Waals surface area contributed by atoms with Gasteiger partial charge in [-0.05, 0) is 38.8 Å². The Kier molecular flexibility index (Phi) is 10.0. The van der Waals surface area contributed by atoms with E-state index in [-0.39, 0.29) is 36.7 Å². The highest BCUT2D eigenvalue weighted by Gasteiger charge is 2.30. The zero-order valence-corrected chi connectivity index (χ0v) is 23.1. The number of benzene rings is 1. The highest BCUT2D eigenvalue weighted by molar-refractivity contribution is 5.80. The molecule has 39 heavy (non-hydrogen) atoms. The maximum atomic E-state index is 15.5. The Labute approximate surface area is 229 Å². The van der Waals surface area contributed by atoms with E-state index in [1.165, 1.54) is 5.06 Å². The van der Waals surface area contributed by atoms with Crippen LogP contribution in [0.5, 0.6) is 0 Å². The van der Waals surface area contributed by atoms with Crippen LogP contribution >= 0.6 is 0 Å². The number of halogens is 1. The Hall–Kier alpha value is -3.31. The lowest BCUT2D eigenvalue weighted by Gasteiger charge is -2.39. The van der Waals surface area contributed by atoms with Crippen molar-refractivity contribution in [1.82, 2.24) is 25.4 Å². The lowest BCUT2D eigenvalue weighted by Crippen LogP contribution is -2.51. The SMILES string of the molecule is Cc1nc(NNC(=O)[C@H](CC2CCCC2)CN(C=O)OCc2ccccc2)c(F)c(N2CCN(C)C[C@H]2C)n1. The minimum Gasteiger partial charge on any atom is -0.349 e. The van der Waals surface area contributed by atoms with Gasteiger partial charge in [-0.25, -0.2) is 15.0 Å². The molecule has 1 saturated carbocycles. The molecular formula is C28H40FN7O3. The highest BCUT2D eigenvalue weighted by Crippen LogP contribution is 2.31. The van der Waals surface area contributed by atoms with Gasteiger partial charge in [0.25, 0.3) is 0 Å². The number of carbonyl (C=O) groups excluding carboxylic acids is 2. The quantitative estimate of drug-likeness (QED) is 0.312. The van der Waals surface area contributed by atoms with Crippen molar-refractivity contribution in [3.05, 3.63) is 47.5 Å². The van der Waals surface area contributed by atoms with Crippen molar-refractivity contribution < 1.29 is 18.8 Å². The first-order valence-electron chi connectivity index (χ1n) is 13.8. The molecule has 2 fully saturated rings. The first kappa shape index (κ1) is 28.7. The molecular weight excluding hydrogens is 501 g/mol. The molecule has 2 aromatic rings. The molecule has 10 nitrogen and oxygen atoms in total. The van der Waals surface area contributed by atoms with Crippen LogP contribution in [-0.4, -0.2) is 71.5 Å². The molecule has 1 aromatic carbocycles. The second-order valence-corrected chi connectivity index (χ2v) is 10.7. The molecule has 11 heteroatoms. The Bertz CT molecular complexity index is 1100. The molecule has 212 valence electrons. The van der Waals surface area contributed by atoms with Gasteiger partial charge in [-0.1, -0.05) is 56.0 Å². The van der Waals surface area contributed by atoms with E-state index in [1.807, 2.05) is 49.2 Å². The number of aryl methyl sites for hydroxylation is 1. The van der Waals surface area contributed by atoms with E-state index < -0.39 is 11.7 Å². The van der Waals surface area contributed by atoms with Crippen LogP contribution in [0.15, 0.2) is 30.3 Å². The average Bonchev–Trinajstić information content (AvgIpc) is 3.44. The molecule has 1 aliphatic heterocycles. The smallest absolute Gasteiger partial charge is 0.243 e. The van der Waals surface area contributed by atoms with Crippen LogP contribution in [0, 0.1) is 24.6 Å². The summed E-state index contributed by atoms with van der Waals surface area (Å²) in [5.74, 6) is -0.546. The molecule has 0 unspecified atom stereocenters. The van der Waals surface area contributed by atoms with Crippen molar-refractivity contribution in [2.75, 3.05) is 43.6 Å². The number of likely N-dealkylation sites (N-methyl/N-ethyl adjacent to an activating group) is 1. The standard InChI is InChI=1S/C28H40FN7O3/c1-20-16-34(3)13-14-36(20)27-25(29)26(30-21(2)31-27)32-33-28(38)24(15-22-9-7-8-10-22)17-35(19-37)39-18-23-11-5-4-6-12-23/h4-6,11-12,19-20,22,24H,7-10,13-18H2,1-3H3,(H,33,38)(H,30,31,32)/t20-,24-/m1/s1. The molecule has 2 aliphatic rings. The minimum atomic E-state index is -0.606. The minimum absolute atomic E-state index is 0.0795. The van der Waals surface area contributed by atoms with E-state index in [0.29, 0.717) is 31.1 Å². The molecule has 4 rings (SSSR count). The molecule has 2 atom stereocenters. The number of hydrogen-bond donors (Lipinski definition) is 2. The van der Waals surface area contributed by atoms with Gasteiger partial charge in [-0.2, -0.15) is 4.39 Å². The molecule has 2 heterocycles. The van der Waals surface area contributed by atoms with Crippen LogP contribution < -0.4 is 15.8 Å². The number of hydroxylamine groups is 2. The van der Waals surface area contributed by atoms with Gasteiger partial charge < -0.3 is 9.80 Å². The second-order valence-electron chi connectivity index (χ2n) is 10.7. The first-order chi connectivity index (χ1) is 18.8. The summed E-state index contributed by atoms with van der Waals surface area (Å²) >= 11 is 0. The average molecular weight is 542 g/mol. The van der Waals surface area contributed by atoms with Crippen LogP contribution in [0.4, 0.5) is 16.0 Å². The van der Waals surface area contributed by atoms with Gasteiger partial charge in [-0.15, -0.1) is 0 Å². The fraction of sp³-hybridized carbons (Fsp3) is 0.571. The number of carbonyl (C=O) groups is 2. The van der Waals surface area contributed by atoms with Gasteiger partial charge in [0.2, 0.25) is 18.1 Å². The predicted octanol–water partition coefficient (Wildman–Crippen LogP) is 3.29. The lowest BCUT2D eigenvalue weighted by atomic mass is 9.92.